The minimum absolute atomic E-state index is 0.0176. The molecular formula is C13H13ClFNO4. The predicted octanol–water partition coefficient (Wildman–Crippen LogP) is 1.84. The van der Waals surface area contributed by atoms with Crippen molar-refractivity contribution in [2.24, 2.45) is 5.92 Å². The molecule has 0 bridgehead atoms. The van der Waals surface area contributed by atoms with Gasteiger partial charge in [0.1, 0.15) is 11.6 Å². The van der Waals surface area contributed by atoms with Crippen LogP contribution in [0.3, 0.4) is 0 Å². The van der Waals surface area contributed by atoms with Crippen LogP contribution < -0.4 is 10.1 Å². The fourth-order valence-corrected chi connectivity index (χ4v) is 2.04. The summed E-state index contributed by atoms with van der Waals surface area (Å²) in [6.07, 6.45) is 0.854. The third kappa shape index (κ3) is 3.60. The molecule has 108 valence electrons. The van der Waals surface area contributed by atoms with Gasteiger partial charge in [0.2, 0.25) is 0 Å². The lowest BCUT2D eigenvalue weighted by Gasteiger charge is -2.32. The van der Waals surface area contributed by atoms with Crippen LogP contribution in [0.15, 0.2) is 18.2 Å². The van der Waals surface area contributed by atoms with E-state index in [1.807, 2.05) is 0 Å². The quantitative estimate of drug-likeness (QED) is 0.870. The van der Waals surface area contributed by atoms with Crippen LogP contribution in [0.25, 0.3) is 0 Å². The first-order chi connectivity index (χ1) is 9.45. The highest BCUT2D eigenvalue weighted by Crippen LogP contribution is 2.27. The average molecular weight is 302 g/mol. The number of aliphatic carboxylic acids is 1. The first-order valence-corrected chi connectivity index (χ1v) is 6.43. The molecular weight excluding hydrogens is 289 g/mol. The minimum Gasteiger partial charge on any atom is -0.484 e. The molecule has 1 aromatic carbocycles. The molecule has 2 N–H and O–H groups in total. The number of hydrogen-bond acceptors (Lipinski definition) is 3. The Kier molecular flexibility index (Phi) is 4.44. The topological polar surface area (TPSA) is 75.6 Å². The third-order valence-corrected chi connectivity index (χ3v) is 3.42. The number of carboxylic acid groups (broad SMARTS) is 1. The van der Waals surface area contributed by atoms with Crippen LogP contribution in [0.5, 0.6) is 5.75 Å². The summed E-state index contributed by atoms with van der Waals surface area (Å²) in [5, 5.41) is 11.3. The number of ether oxygens (including phenoxy) is 1. The smallest absolute Gasteiger partial charge is 0.306 e. The van der Waals surface area contributed by atoms with Gasteiger partial charge in [-0.2, -0.15) is 0 Å². The maximum atomic E-state index is 13.1. The van der Waals surface area contributed by atoms with Crippen molar-refractivity contribution >= 4 is 23.5 Å². The molecule has 2 rings (SSSR count). The highest BCUT2D eigenvalue weighted by Gasteiger charge is 2.35. The summed E-state index contributed by atoms with van der Waals surface area (Å²) >= 11 is 5.52. The fraction of sp³-hybridized carbons (Fsp3) is 0.385. The SMILES string of the molecule is O=C(COc1ccc(Cl)c(F)c1)NC1CC(C(=O)O)C1. The largest absolute Gasteiger partial charge is 0.484 e. The highest BCUT2D eigenvalue weighted by atomic mass is 35.5. The molecule has 1 fully saturated rings. The molecule has 0 heterocycles. The molecule has 1 aliphatic rings. The Morgan fingerprint density at radius 3 is 2.75 bits per heavy atom. The Balaban J connectivity index is 1.73. The van der Waals surface area contributed by atoms with E-state index >= 15 is 0 Å². The number of nitrogens with one attached hydrogen (secondary N) is 1. The lowest BCUT2D eigenvalue weighted by Crippen LogP contribution is -2.48. The van der Waals surface area contributed by atoms with E-state index in [1.165, 1.54) is 12.1 Å². The van der Waals surface area contributed by atoms with Crippen LogP contribution in [-0.2, 0) is 9.59 Å². The molecule has 7 heteroatoms. The Bertz CT molecular complexity index is 531. The van der Waals surface area contributed by atoms with Gasteiger partial charge in [-0.05, 0) is 25.0 Å². The monoisotopic (exact) mass is 301 g/mol. The molecule has 5 nitrogen and oxygen atoms in total. The summed E-state index contributed by atoms with van der Waals surface area (Å²) in [7, 11) is 0. The van der Waals surface area contributed by atoms with Crippen molar-refractivity contribution in [1.82, 2.24) is 5.32 Å². The van der Waals surface area contributed by atoms with E-state index in [1.54, 1.807) is 0 Å². The van der Waals surface area contributed by atoms with Crippen molar-refractivity contribution < 1.29 is 23.8 Å². The second-order valence-corrected chi connectivity index (χ2v) is 5.04. The maximum absolute atomic E-state index is 13.1. The van der Waals surface area contributed by atoms with E-state index in [-0.39, 0.29) is 35.2 Å². The van der Waals surface area contributed by atoms with Crippen molar-refractivity contribution in [3.05, 3.63) is 29.0 Å². The zero-order valence-electron chi connectivity index (χ0n) is 10.4. The number of halogens is 2. The molecule has 0 aliphatic heterocycles. The normalized spacial score (nSPS) is 20.9. The Labute approximate surface area is 119 Å². The van der Waals surface area contributed by atoms with Crippen molar-refractivity contribution in [2.75, 3.05) is 6.61 Å². The van der Waals surface area contributed by atoms with Crippen LogP contribution in [0, 0.1) is 11.7 Å². The molecule has 20 heavy (non-hydrogen) atoms. The molecule has 0 radical (unpaired) electrons. The average Bonchev–Trinajstić information content (AvgIpc) is 2.34. The van der Waals surface area contributed by atoms with Gasteiger partial charge in [0, 0.05) is 12.1 Å². The van der Waals surface area contributed by atoms with Gasteiger partial charge >= 0.3 is 5.97 Å². The van der Waals surface area contributed by atoms with E-state index in [4.69, 9.17) is 21.4 Å². The molecule has 0 aromatic heterocycles. The molecule has 1 saturated carbocycles. The summed E-state index contributed by atoms with van der Waals surface area (Å²) < 4.78 is 18.2. The van der Waals surface area contributed by atoms with Crippen LogP contribution in [0.2, 0.25) is 5.02 Å². The third-order valence-electron chi connectivity index (χ3n) is 3.11. The van der Waals surface area contributed by atoms with E-state index < -0.39 is 11.8 Å². The minimum atomic E-state index is -0.844. The number of hydrogen-bond donors (Lipinski definition) is 2. The summed E-state index contributed by atoms with van der Waals surface area (Å²) in [6, 6.07) is 3.77. The summed E-state index contributed by atoms with van der Waals surface area (Å²) in [5.74, 6) is -2.00. The van der Waals surface area contributed by atoms with Crippen LogP contribution in [0.4, 0.5) is 4.39 Å². The van der Waals surface area contributed by atoms with E-state index in [0.717, 1.165) is 6.07 Å². The maximum Gasteiger partial charge on any atom is 0.306 e. The van der Waals surface area contributed by atoms with E-state index in [9.17, 15) is 14.0 Å². The van der Waals surface area contributed by atoms with Crippen LogP contribution in [0.1, 0.15) is 12.8 Å². The van der Waals surface area contributed by atoms with Gasteiger partial charge in [-0.25, -0.2) is 4.39 Å². The molecule has 0 unspecified atom stereocenters. The Hall–Kier alpha value is -1.82. The number of rotatable bonds is 5. The van der Waals surface area contributed by atoms with Crippen LogP contribution in [-0.4, -0.2) is 29.6 Å². The number of carboxylic acids is 1. The first-order valence-electron chi connectivity index (χ1n) is 6.05. The van der Waals surface area contributed by atoms with Crippen molar-refractivity contribution in [2.45, 2.75) is 18.9 Å². The number of benzene rings is 1. The summed E-state index contributed by atoms with van der Waals surface area (Å²) in [4.78, 5) is 22.1. The van der Waals surface area contributed by atoms with E-state index in [2.05, 4.69) is 5.32 Å². The molecule has 0 spiro atoms. The molecule has 1 aromatic rings. The molecule has 0 atom stereocenters. The zero-order chi connectivity index (χ0) is 14.7. The molecule has 1 amide bonds. The van der Waals surface area contributed by atoms with Gasteiger partial charge in [0.25, 0.3) is 5.91 Å². The second-order valence-electron chi connectivity index (χ2n) is 4.64. The van der Waals surface area contributed by atoms with Crippen LogP contribution >= 0.6 is 11.6 Å². The lowest BCUT2D eigenvalue weighted by atomic mass is 9.80. The highest BCUT2D eigenvalue weighted by molar-refractivity contribution is 6.30. The fourth-order valence-electron chi connectivity index (χ4n) is 1.92. The molecule has 1 aliphatic carbocycles. The van der Waals surface area contributed by atoms with Crippen molar-refractivity contribution in [3.8, 4) is 5.75 Å². The van der Waals surface area contributed by atoms with Gasteiger partial charge in [-0.1, -0.05) is 11.6 Å². The van der Waals surface area contributed by atoms with Gasteiger partial charge in [0.15, 0.2) is 6.61 Å². The Morgan fingerprint density at radius 1 is 1.45 bits per heavy atom. The van der Waals surface area contributed by atoms with Gasteiger partial charge < -0.3 is 15.2 Å². The Morgan fingerprint density at radius 2 is 2.15 bits per heavy atom. The van der Waals surface area contributed by atoms with Gasteiger partial charge in [-0.15, -0.1) is 0 Å². The van der Waals surface area contributed by atoms with E-state index in [0.29, 0.717) is 12.8 Å². The standard InChI is InChI=1S/C13H13ClFNO4/c14-10-2-1-9(5-11(10)15)20-6-12(17)16-8-3-7(4-8)13(18)19/h1-2,5,7-8H,3-4,6H2,(H,16,17)(H,18,19). The lowest BCUT2D eigenvalue weighted by molar-refractivity contribution is -0.146. The number of carbonyl (C=O) groups is 2. The first kappa shape index (κ1) is 14.6. The second kappa shape index (κ2) is 6.09. The molecule has 0 saturated heterocycles. The summed E-state index contributed by atoms with van der Waals surface area (Å²) in [6.45, 7) is -0.255. The number of amides is 1. The van der Waals surface area contributed by atoms with Crippen molar-refractivity contribution in [1.29, 1.82) is 0 Å². The zero-order valence-corrected chi connectivity index (χ0v) is 11.2. The van der Waals surface area contributed by atoms with Gasteiger partial charge in [-0.3, -0.25) is 9.59 Å². The van der Waals surface area contributed by atoms with Gasteiger partial charge in [0.05, 0.1) is 10.9 Å². The van der Waals surface area contributed by atoms with Crippen molar-refractivity contribution in [3.63, 3.8) is 0 Å². The summed E-state index contributed by atoms with van der Waals surface area (Å²) in [5.41, 5.74) is 0. The predicted molar refractivity (Wildman–Crippen MR) is 69.2 cm³/mol. The number of carbonyl (C=O) groups excluding carboxylic acids is 1.